The predicted molar refractivity (Wildman–Crippen MR) is 61.3 cm³/mol. The highest BCUT2D eigenvalue weighted by atomic mass is 16.4. The number of aliphatic carboxylic acids is 1. The summed E-state index contributed by atoms with van der Waals surface area (Å²) in [6, 6.07) is 3.32. The summed E-state index contributed by atoms with van der Waals surface area (Å²) in [6.07, 6.45) is 2.34. The highest BCUT2D eigenvalue weighted by molar-refractivity contribution is 5.73. The van der Waals surface area contributed by atoms with Crippen LogP contribution in [0.5, 0.6) is 0 Å². The molecule has 1 atom stereocenters. The summed E-state index contributed by atoms with van der Waals surface area (Å²) < 4.78 is 5.49. The Hall–Kier alpha value is -1.29. The van der Waals surface area contributed by atoms with Crippen molar-refractivity contribution in [3.63, 3.8) is 0 Å². The Morgan fingerprint density at radius 2 is 2.12 bits per heavy atom. The van der Waals surface area contributed by atoms with Gasteiger partial charge in [-0.2, -0.15) is 0 Å². The van der Waals surface area contributed by atoms with Gasteiger partial charge in [-0.15, -0.1) is 0 Å². The van der Waals surface area contributed by atoms with Gasteiger partial charge in [-0.05, 0) is 18.6 Å². The van der Waals surface area contributed by atoms with Gasteiger partial charge in [0.2, 0.25) is 0 Å². The van der Waals surface area contributed by atoms with Crippen molar-refractivity contribution in [1.82, 2.24) is 5.32 Å². The summed E-state index contributed by atoms with van der Waals surface area (Å²) in [7, 11) is 0. The third-order valence-corrected chi connectivity index (χ3v) is 2.46. The Morgan fingerprint density at radius 3 is 2.62 bits per heavy atom. The number of carbonyl (C=O) groups is 1. The maximum Gasteiger partial charge on any atom is 0.320 e. The number of carboxylic acids is 1. The first-order valence-corrected chi connectivity index (χ1v) is 5.71. The van der Waals surface area contributed by atoms with Crippen molar-refractivity contribution in [2.24, 2.45) is 0 Å². The Balaban J connectivity index is 2.45. The molecule has 0 amide bonds. The Morgan fingerprint density at radius 1 is 1.44 bits per heavy atom. The van der Waals surface area contributed by atoms with E-state index in [4.69, 9.17) is 9.52 Å². The lowest BCUT2D eigenvalue weighted by Crippen LogP contribution is -2.35. The minimum absolute atomic E-state index is 0.469. The van der Waals surface area contributed by atoms with Crippen molar-refractivity contribution in [1.29, 1.82) is 0 Å². The van der Waals surface area contributed by atoms with Gasteiger partial charge in [0.1, 0.15) is 17.6 Å². The average Bonchev–Trinajstić information content (AvgIpc) is 2.71. The minimum atomic E-state index is -0.802. The van der Waals surface area contributed by atoms with E-state index in [2.05, 4.69) is 5.32 Å². The van der Waals surface area contributed by atoms with Crippen molar-refractivity contribution in [2.45, 2.75) is 45.7 Å². The number of nitrogens with one attached hydrogen (secondary N) is 1. The van der Waals surface area contributed by atoms with Gasteiger partial charge in [-0.3, -0.25) is 10.1 Å². The van der Waals surface area contributed by atoms with Gasteiger partial charge in [0.05, 0.1) is 6.54 Å². The van der Waals surface area contributed by atoms with E-state index < -0.39 is 12.0 Å². The van der Waals surface area contributed by atoms with Gasteiger partial charge in [-0.1, -0.05) is 20.3 Å². The molecule has 0 aromatic carbocycles. The third kappa shape index (κ3) is 3.70. The van der Waals surface area contributed by atoms with Crippen LogP contribution in [0, 0.1) is 0 Å². The molecule has 0 fully saturated rings. The van der Waals surface area contributed by atoms with Crippen molar-refractivity contribution >= 4 is 5.97 Å². The van der Waals surface area contributed by atoms with Crippen LogP contribution in [0.1, 0.15) is 38.2 Å². The van der Waals surface area contributed by atoms with Crippen LogP contribution in [0.2, 0.25) is 0 Å². The molecular formula is C12H19NO3. The molecule has 0 bridgehead atoms. The van der Waals surface area contributed by atoms with Crippen LogP contribution in [0.3, 0.4) is 0 Å². The molecule has 1 aromatic rings. The van der Waals surface area contributed by atoms with Crippen molar-refractivity contribution in [2.75, 3.05) is 0 Å². The summed E-state index contributed by atoms with van der Waals surface area (Å²) in [5, 5.41) is 11.9. The summed E-state index contributed by atoms with van der Waals surface area (Å²) in [6.45, 7) is 4.46. The van der Waals surface area contributed by atoms with E-state index in [0.29, 0.717) is 13.0 Å². The topological polar surface area (TPSA) is 62.5 Å². The first-order chi connectivity index (χ1) is 7.67. The summed E-state index contributed by atoms with van der Waals surface area (Å²) in [4.78, 5) is 10.9. The molecule has 90 valence electrons. The van der Waals surface area contributed by atoms with E-state index in [0.717, 1.165) is 24.4 Å². The second-order valence-electron chi connectivity index (χ2n) is 3.78. The third-order valence-electron chi connectivity index (χ3n) is 2.46. The monoisotopic (exact) mass is 225 g/mol. The highest BCUT2D eigenvalue weighted by Gasteiger charge is 2.15. The lowest BCUT2D eigenvalue weighted by Gasteiger charge is -2.11. The van der Waals surface area contributed by atoms with Crippen molar-refractivity contribution < 1.29 is 14.3 Å². The minimum Gasteiger partial charge on any atom is -0.480 e. The number of rotatable bonds is 7. The number of furan rings is 1. The fourth-order valence-electron chi connectivity index (χ4n) is 1.53. The number of aryl methyl sites for hydroxylation is 1. The van der Waals surface area contributed by atoms with Gasteiger partial charge in [0.15, 0.2) is 0 Å². The molecule has 1 aromatic heterocycles. The van der Waals surface area contributed by atoms with Gasteiger partial charge < -0.3 is 9.52 Å². The molecular weight excluding hydrogens is 206 g/mol. The molecule has 2 N–H and O–H groups in total. The Kier molecular flexibility index (Phi) is 5.05. The largest absolute Gasteiger partial charge is 0.480 e. The molecule has 0 aliphatic carbocycles. The fraction of sp³-hybridized carbons (Fsp3) is 0.583. The molecule has 0 aliphatic rings. The number of hydrogen-bond acceptors (Lipinski definition) is 3. The Labute approximate surface area is 95.7 Å². The lowest BCUT2D eigenvalue weighted by molar-refractivity contribution is -0.139. The van der Waals surface area contributed by atoms with Crippen LogP contribution in [-0.4, -0.2) is 17.1 Å². The van der Waals surface area contributed by atoms with Crippen LogP contribution in [0.15, 0.2) is 16.5 Å². The second kappa shape index (κ2) is 6.33. The zero-order valence-electron chi connectivity index (χ0n) is 9.82. The van der Waals surface area contributed by atoms with E-state index >= 15 is 0 Å². The smallest absolute Gasteiger partial charge is 0.320 e. The maximum atomic E-state index is 10.9. The first-order valence-electron chi connectivity index (χ1n) is 5.71. The van der Waals surface area contributed by atoms with Crippen molar-refractivity contribution in [3.8, 4) is 0 Å². The molecule has 4 nitrogen and oxygen atoms in total. The molecule has 4 heteroatoms. The first kappa shape index (κ1) is 12.8. The van der Waals surface area contributed by atoms with Gasteiger partial charge in [0.25, 0.3) is 0 Å². The molecule has 1 unspecified atom stereocenters. The highest BCUT2D eigenvalue weighted by Crippen LogP contribution is 2.08. The molecule has 1 rings (SSSR count). The van der Waals surface area contributed by atoms with Gasteiger partial charge >= 0.3 is 5.97 Å². The normalized spacial score (nSPS) is 12.6. The van der Waals surface area contributed by atoms with E-state index in [-0.39, 0.29) is 0 Å². The summed E-state index contributed by atoms with van der Waals surface area (Å²) >= 11 is 0. The van der Waals surface area contributed by atoms with Gasteiger partial charge in [-0.25, -0.2) is 0 Å². The lowest BCUT2D eigenvalue weighted by atomic mass is 10.1. The molecule has 0 saturated carbocycles. The molecule has 0 spiro atoms. The summed E-state index contributed by atoms with van der Waals surface area (Å²) in [5.41, 5.74) is 0. The molecule has 16 heavy (non-hydrogen) atoms. The zero-order valence-corrected chi connectivity index (χ0v) is 9.82. The van der Waals surface area contributed by atoms with E-state index in [1.54, 1.807) is 0 Å². The average molecular weight is 225 g/mol. The SMILES string of the molecule is CCCC(NCc1ccc(CC)o1)C(=O)O. The quantitative estimate of drug-likeness (QED) is 0.746. The standard InChI is InChI=1S/C12H19NO3/c1-3-5-11(12(14)15)13-8-10-7-6-9(4-2)16-10/h6-7,11,13H,3-5,8H2,1-2H3,(H,14,15). The van der Waals surface area contributed by atoms with E-state index in [1.165, 1.54) is 0 Å². The van der Waals surface area contributed by atoms with Crippen LogP contribution >= 0.6 is 0 Å². The van der Waals surface area contributed by atoms with Crippen LogP contribution < -0.4 is 5.32 Å². The maximum absolute atomic E-state index is 10.9. The number of hydrogen-bond donors (Lipinski definition) is 2. The molecule has 1 heterocycles. The fourth-order valence-corrected chi connectivity index (χ4v) is 1.53. The predicted octanol–water partition coefficient (Wildman–Crippen LogP) is 2.18. The van der Waals surface area contributed by atoms with Crippen LogP contribution in [0.4, 0.5) is 0 Å². The molecule has 0 aliphatic heterocycles. The summed E-state index contributed by atoms with van der Waals surface area (Å²) in [5.74, 6) is 0.919. The number of carboxylic acid groups (broad SMARTS) is 1. The Bertz CT molecular complexity index is 333. The van der Waals surface area contributed by atoms with Crippen molar-refractivity contribution in [3.05, 3.63) is 23.7 Å². The zero-order chi connectivity index (χ0) is 12.0. The van der Waals surface area contributed by atoms with E-state index in [9.17, 15) is 4.79 Å². The van der Waals surface area contributed by atoms with E-state index in [1.807, 2.05) is 26.0 Å². The van der Waals surface area contributed by atoms with Crippen LogP contribution in [-0.2, 0) is 17.8 Å². The van der Waals surface area contributed by atoms with Crippen LogP contribution in [0.25, 0.3) is 0 Å². The second-order valence-corrected chi connectivity index (χ2v) is 3.78. The molecule has 0 radical (unpaired) electrons. The molecule has 0 saturated heterocycles. The van der Waals surface area contributed by atoms with Gasteiger partial charge in [0, 0.05) is 6.42 Å².